The van der Waals surface area contributed by atoms with Crippen LogP contribution in [0.1, 0.15) is 63.0 Å². The van der Waals surface area contributed by atoms with E-state index in [0.29, 0.717) is 6.61 Å². The quantitative estimate of drug-likeness (QED) is 0.382. The largest absolute Gasteiger partial charge is 0.377 e. The predicted molar refractivity (Wildman–Crippen MR) is 111 cm³/mol. The van der Waals surface area contributed by atoms with E-state index in [9.17, 15) is 0 Å². The topological polar surface area (TPSA) is 9.23 Å². The zero-order chi connectivity index (χ0) is 18.2. The van der Waals surface area contributed by atoms with Crippen molar-refractivity contribution in [3.05, 3.63) is 71.8 Å². The summed E-state index contributed by atoms with van der Waals surface area (Å²) in [6, 6.07) is 18.0. The highest BCUT2D eigenvalue weighted by atomic mass is 16.5. The maximum atomic E-state index is 5.62. The fraction of sp³-hybridized carbons (Fsp3) is 0.440. The van der Waals surface area contributed by atoms with Gasteiger partial charge in [0.25, 0.3) is 0 Å². The van der Waals surface area contributed by atoms with Gasteiger partial charge in [-0.2, -0.15) is 0 Å². The molecule has 1 heteroatoms. The van der Waals surface area contributed by atoms with Gasteiger partial charge in [0.15, 0.2) is 0 Å². The van der Waals surface area contributed by atoms with E-state index in [-0.39, 0.29) is 0 Å². The van der Waals surface area contributed by atoms with E-state index in [1.54, 1.807) is 0 Å². The van der Waals surface area contributed by atoms with Crippen molar-refractivity contribution in [3.8, 4) is 11.1 Å². The van der Waals surface area contributed by atoms with Gasteiger partial charge in [0.05, 0.1) is 6.61 Å². The fourth-order valence-electron chi connectivity index (χ4n) is 3.99. The molecule has 0 spiro atoms. The molecular formula is C25H32O. The molecule has 1 saturated carbocycles. The Morgan fingerprint density at radius 3 is 2.08 bits per heavy atom. The summed E-state index contributed by atoms with van der Waals surface area (Å²) in [6.45, 7) is 5.82. The van der Waals surface area contributed by atoms with Gasteiger partial charge in [-0.1, -0.05) is 67.6 Å². The van der Waals surface area contributed by atoms with Crippen molar-refractivity contribution in [2.75, 3.05) is 6.61 Å². The van der Waals surface area contributed by atoms with Crippen LogP contribution >= 0.6 is 0 Å². The summed E-state index contributed by atoms with van der Waals surface area (Å²) in [4.78, 5) is 0. The van der Waals surface area contributed by atoms with E-state index >= 15 is 0 Å². The Labute approximate surface area is 159 Å². The Hall–Kier alpha value is -1.86. The number of rotatable bonds is 7. The number of benzene rings is 2. The van der Waals surface area contributed by atoms with Crippen LogP contribution in [-0.2, 0) is 11.3 Å². The van der Waals surface area contributed by atoms with Crippen molar-refractivity contribution < 1.29 is 4.74 Å². The van der Waals surface area contributed by atoms with E-state index in [4.69, 9.17) is 4.74 Å². The lowest BCUT2D eigenvalue weighted by Gasteiger charge is -2.27. The standard InChI is InChI=1S/C25H32O/c1-3-5-20-6-10-22(11-7-20)24-14-16-25(17-15-24)23-12-8-21(9-13-23)19-26-18-4-2/h3,5,8-9,12-17,20,22H,4,6-7,10-11,18-19H2,1-2H3. The first kappa shape index (κ1) is 18.9. The molecule has 0 unspecified atom stereocenters. The Morgan fingerprint density at radius 2 is 1.50 bits per heavy atom. The van der Waals surface area contributed by atoms with Gasteiger partial charge in [-0.05, 0) is 73.1 Å². The number of hydrogen-bond donors (Lipinski definition) is 0. The molecule has 1 aliphatic carbocycles. The van der Waals surface area contributed by atoms with Crippen LogP contribution in [-0.4, -0.2) is 6.61 Å². The molecule has 1 aliphatic rings. The van der Waals surface area contributed by atoms with Gasteiger partial charge < -0.3 is 4.74 Å². The molecular weight excluding hydrogens is 316 g/mol. The van der Waals surface area contributed by atoms with Crippen molar-refractivity contribution in [3.63, 3.8) is 0 Å². The van der Waals surface area contributed by atoms with Crippen LogP contribution in [0.3, 0.4) is 0 Å². The predicted octanol–water partition coefficient (Wildman–Crippen LogP) is 7.13. The lowest BCUT2D eigenvalue weighted by Crippen LogP contribution is -2.11. The van der Waals surface area contributed by atoms with Gasteiger partial charge in [-0.25, -0.2) is 0 Å². The van der Waals surface area contributed by atoms with Crippen molar-refractivity contribution in [1.82, 2.24) is 0 Å². The second-order valence-electron chi connectivity index (χ2n) is 7.51. The summed E-state index contributed by atoms with van der Waals surface area (Å²) in [5, 5.41) is 0. The van der Waals surface area contributed by atoms with Crippen LogP contribution in [0, 0.1) is 5.92 Å². The molecule has 0 aliphatic heterocycles. The highest BCUT2D eigenvalue weighted by Crippen LogP contribution is 2.36. The molecule has 26 heavy (non-hydrogen) atoms. The van der Waals surface area contributed by atoms with E-state index < -0.39 is 0 Å². The SMILES string of the molecule is CC=CC1CCC(c2ccc(-c3ccc(COCCC)cc3)cc2)CC1. The molecule has 2 aromatic carbocycles. The average Bonchev–Trinajstić information content (AvgIpc) is 2.70. The summed E-state index contributed by atoms with van der Waals surface area (Å²) in [6.07, 6.45) is 11.0. The van der Waals surface area contributed by atoms with Crippen LogP contribution in [0.2, 0.25) is 0 Å². The molecule has 2 aromatic rings. The lowest BCUT2D eigenvalue weighted by molar-refractivity contribution is 0.121. The molecule has 0 amide bonds. The summed E-state index contributed by atoms with van der Waals surface area (Å²) < 4.78 is 5.62. The van der Waals surface area contributed by atoms with Crippen molar-refractivity contribution in [2.45, 2.75) is 58.5 Å². The molecule has 3 rings (SSSR count). The van der Waals surface area contributed by atoms with Crippen LogP contribution < -0.4 is 0 Å². The Morgan fingerprint density at radius 1 is 0.885 bits per heavy atom. The average molecular weight is 349 g/mol. The molecule has 0 bridgehead atoms. The molecule has 0 aromatic heterocycles. The third-order valence-corrected chi connectivity index (χ3v) is 5.52. The van der Waals surface area contributed by atoms with E-state index in [1.807, 2.05) is 0 Å². The minimum Gasteiger partial charge on any atom is -0.377 e. The molecule has 0 atom stereocenters. The zero-order valence-electron chi connectivity index (χ0n) is 16.3. The van der Waals surface area contributed by atoms with Crippen molar-refractivity contribution in [1.29, 1.82) is 0 Å². The van der Waals surface area contributed by atoms with Crippen molar-refractivity contribution in [2.24, 2.45) is 5.92 Å². The van der Waals surface area contributed by atoms with E-state index in [1.165, 1.54) is 47.9 Å². The molecule has 138 valence electrons. The first-order chi connectivity index (χ1) is 12.8. The fourth-order valence-corrected chi connectivity index (χ4v) is 3.99. The van der Waals surface area contributed by atoms with Crippen LogP contribution in [0.5, 0.6) is 0 Å². The van der Waals surface area contributed by atoms with Crippen LogP contribution in [0.15, 0.2) is 60.7 Å². The monoisotopic (exact) mass is 348 g/mol. The maximum absolute atomic E-state index is 5.62. The van der Waals surface area contributed by atoms with Gasteiger partial charge in [0.1, 0.15) is 0 Å². The van der Waals surface area contributed by atoms with Gasteiger partial charge in [0.2, 0.25) is 0 Å². The second kappa shape index (κ2) is 9.73. The molecule has 1 fully saturated rings. The highest BCUT2D eigenvalue weighted by Gasteiger charge is 2.20. The normalized spacial score (nSPS) is 20.5. The van der Waals surface area contributed by atoms with Gasteiger partial charge in [0, 0.05) is 6.61 Å². The summed E-state index contributed by atoms with van der Waals surface area (Å²) in [5.41, 5.74) is 5.35. The summed E-state index contributed by atoms with van der Waals surface area (Å²) >= 11 is 0. The highest BCUT2D eigenvalue weighted by molar-refractivity contribution is 5.64. The molecule has 1 nitrogen and oxygen atoms in total. The lowest BCUT2D eigenvalue weighted by atomic mass is 9.78. The molecule has 0 N–H and O–H groups in total. The summed E-state index contributed by atoms with van der Waals surface area (Å²) in [7, 11) is 0. The minimum absolute atomic E-state index is 0.711. The number of hydrogen-bond acceptors (Lipinski definition) is 1. The molecule has 0 heterocycles. The van der Waals surface area contributed by atoms with Gasteiger partial charge in [-0.15, -0.1) is 0 Å². The van der Waals surface area contributed by atoms with E-state index in [0.717, 1.165) is 24.9 Å². The van der Waals surface area contributed by atoms with Crippen molar-refractivity contribution >= 4 is 0 Å². The summed E-state index contributed by atoms with van der Waals surface area (Å²) in [5.74, 6) is 1.54. The number of allylic oxidation sites excluding steroid dienone is 2. The first-order valence-corrected chi connectivity index (χ1v) is 10.2. The zero-order valence-corrected chi connectivity index (χ0v) is 16.3. The van der Waals surface area contributed by atoms with Gasteiger partial charge >= 0.3 is 0 Å². The first-order valence-electron chi connectivity index (χ1n) is 10.2. The Kier molecular flexibility index (Phi) is 7.08. The molecule has 0 radical (unpaired) electrons. The van der Waals surface area contributed by atoms with Gasteiger partial charge in [-0.3, -0.25) is 0 Å². The third kappa shape index (κ3) is 5.08. The van der Waals surface area contributed by atoms with E-state index in [2.05, 4.69) is 74.5 Å². The maximum Gasteiger partial charge on any atom is 0.0716 e. The van der Waals surface area contributed by atoms with Crippen LogP contribution in [0.25, 0.3) is 11.1 Å². The minimum atomic E-state index is 0.711. The molecule has 0 saturated heterocycles. The number of ether oxygens (including phenoxy) is 1. The second-order valence-corrected chi connectivity index (χ2v) is 7.51. The third-order valence-electron chi connectivity index (χ3n) is 5.52. The Bertz CT molecular complexity index is 673. The smallest absolute Gasteiger partial charge is 0.0716 e. The van der Waals surface area contributed by atoms with Crippen LogP contribution in [0.4, 0.5) is 0 Å². The Balaban J connectivity index is 1.59.